The molecule has 0 aliphatic rings. The van der Waals surface area contributed by atoms with Crippen LogP contribution in [0.3, 0.4) is 0 Å². The van der Waals surface area contributed by atoms with E-state index in [9.17, 15) is 4.79 Å². The van der Waals surface area contributed by atoms with Gasteiger partial charge in [0.05, 0.1) is 23.2 Å². The fourth-order valence-electron chi connectivity index (χ4n) is 1.75. The number of ether oxygens (including phenoxy) is 2. The summed E-state index contributed by atoms with van der Waals surface area (Å²) >= 11 is 1.39. The minimum Gasteiger partial charge on any atom is -0.490 e. The van der Waals surface area contributed by atoms with Gasteiger partial charge in [-0.25, -0.2) is 4.98 Å². The fraction of sp³-hybridized carbons (Fsp3) is 0.333. The lowest BCUT2D eigenvalue weighted by atomic mass is 10.2. The largest absolute Gasteiger partial charge is 0.490 e. The average Bonchev–Trinajstić information content (AvgIpc) is 2.86. The maximum Gasteiger partial charge on any atom is 0.261 e. The van der Waals surface area contributed by atoms with E-state index in [0.29, 0.717) is 23.1 Å². The van der Waals surface area contributed by atoms with Gasteiger partial charge in [0.15, 0.2) is 5.13 Å². The van der Waals surface area contributed by atoms with E-state index in [1.807, 2.05) is 19.9 Å². The van der Waals surface area contributed by atoms with Gasteiger partial charge >= 0.3 is 0 Å². The Balaban J connectivity index is 2.12. The smallest absolute Gasteiger partial charge is 0.261 e. The first-order valence-electron chi connectivity index (χ1n) is 6.61. The summed E-state index contributed by atoms with van der Waals surface area (Å²) in [6.07, 6.45) is 1.70. The first-order valence-corrected chi connectivity index (χ1v) is 7.42. The highest BCUT2D eigenvalue weighted by Gasteiger charge is 2.14. The topological polar surface area (TPSA) is 60.5 Å². The normalized spacial score (nSPS) is 10.7. The first-order chi connectivity index (χ1) is 10.1. The van der Waals surface area contributed by atoms with Crippen molar-refractivity contribution in [3.8, 4) is 5.75 Å². The molecule has 1 amide bonds. The molecule has 0 saturated heterocycles. The molecule has 0 radical (unpaired) electrons. The van der Waals surface area contributed by atoms with E-state index in [1.165, 1.54) is 11.3 Å². The minimum atomic E-state index is -0.232. The van der Waals surface area contributed by atoms with Gasteiger partial charge < -0.3 is 9.47 Å². The van der Waals surface area contributed by atoms with Crippen LogP contribution in [0, 0.1) is 0 Å². The molecule has 1 aromatic carbocycles. The number of nitrogens with zero attached hydrogens (tertiary/aromatic N) is 1. The van der Waals surface area contributed by atoms with Gasteiger partial charge in [0.25, 0.3) is 5.91 Å². The van der Waals surface area contributed by atoms with Crippen molar-refractivity contribution in [2.24, 2.45) is 0 Å². The lowest BCUT2D eigenvalue weighted by Crippen LogP contribution is -2.15. The zero-order chi connectivity index (χ0) is 15.2. The van der Waals surface area contributed by atoms with Gasteiger partial charge in [-0.15, -0.1) is 0 Å². The molecule has 2 rings (SSSR count). The molecule has 2 aromatic rings. The maximum atomic E-state index is 12.3. The summed E-state index contributed by atoms with van der Waals surface area (Å²) in [6.45, 7) is 4.33. The van der Waals surface area contributed by atoms with Crippen molar-refractivity contribution in [2.75, 3.05) is 12.4 Å². The number of nitrogens with one attached hydrogen (secondary N) is 1. The van der Waals surface area contributed by atoms with Crippen LogP contribution in [0.15, 0.2) is 30.5 Å². The Bertz CT molecular complexity index is 610. The Hall–Kier alpha value is -1.92. The standard InChI is InChI=1S/C15H18N2O3S/c1-10(2)20-13-7-5-4-6-12(13)14(18)17-15-16-8-11(21-15)9-19-3/h4-8,10H,9H2,1-3H3,(H,16,17,18). The summed E-state index contributed by atoms with van der Waals surface area (Å²) in [7, 11) is 1.62. The summed E-state index contributed by atoms with van der Waals surface area (Å²) in [6, 6.07) is 7.17. The van der Waals surface area contributed by atoms with Crippen molar-refractivity contribution >= 4 is 22.4 Å². The third-order valence-corrected chi connectivity index (χ3v) is 3.44. The second-order valence-corrected chi connectivity index (χ2v) is 5.80. The van der Waals surface area contributed by atoms with Gasteiger partial charge in [0.1, 0.15) is 5.75 Å². The van der Waals surface area contributed by atoms with E-state index in [0.717, 1.165) is 4.88 Å². The van der Waals surface area contributed by atoms with Gasteiger partial charge in [-0.05, 0) is 26.0 Å². The number of rotatable bonds is 6. The Labute approximate surface area is 127 Å². The number of carbonyl (C=O) groups excluding carboxylic acids is 1. The molecule has 0 fully saturated rings. The van der Waals surface area contributed by atoms with E-state index in [-0.39, 0.29) is 12.0 Å². The van der Waals surface area contributed by atoms with Crippen LogP contribution in [-0.4, -0.2) is 24.1 Å². The van der Waals surface area contributed by atoms with Crippen molar-refractivity contribution in [1.82, 2.24) is 4.98 Å². The van der Waals surface area contributed by atoms with Crippen LogP contribution in [0.1, 0.15) is 29.1 Å². The van der Waals surface area contributed by atoms with Crippen molar-refractivity contribution in [1.29, 1.82) is 0 Å². The molecule has 5 nitrogen and oxygen atoms in total. The molecule has 0 saturated carbocycles. The molecule has 112 valence electrons. The second-order valence-electron chi connectivity index (χ2n) is 4.68. The third kappa shape index (κ3) is 4.27. The van der Waals surface area contributed by atoms with Crippen molar-refractivity contribution in [2.45, 2.75) is 26.6 Å². The molecule has 1 aromatic heterocycles. The van der Waals surface area contributed by atoms with Gasteiger partial charge in [0.2, 0.25) is 0 Å². The molecule has 21 heavy (non-hydrogen) atoms. The molecule has 0 spiro atoms. The van der Waals surface area contributed by atoms with Gasteiger partial charge in [-0.2, -0.15) is 0 Å². The predicted octanol–water partition coefficient (Wildman–Crippen LogP) is 3.33. The zero-order valence-corrected chi connectivity index (χ0v) is 13.1. The number of amides is 1. The number of hydrogen-bond donors (Lipinski definition) is 1. The number of thiazole rings is 1. The summed E-state index contributed by atoms with van der Waals surface area (Å²) in [5.41, 5.74) is 0.495. The first kappa shape index (κ1) is 15.5. The summed E-state index contributed by atoms with van der Waals surface area (Å²) in [5.74, 6) is 0.336. The molecule has 0 bridgehead atoms. The molecule has 0 aliphatic carbocycles. The zero-order valence-electron chi connectivity index (χ0n) is 12.3. The fourth-order valence-corrected chi connectivity index (χ4v) is 2.53. The molecular formula is C15H18N2O3S. The van der Waals surface area contributed by atoms with E-state index in [1.54, 1.807) is 31.5 Å². The summed E-state index contributed by atoms with van der Waals surface area (Å²) in [4.78, 5) is 17.4. The lowest BCUT2D eigenvalue weighted by Gasteiger charge is -2.13. The SMILES string of the molecule is COCc1cnc(NC(=O)c2ccccc2OC(C)C)s1. The Kier molecular flexibility index (Phi) is 5.30. The number of aromatic nitrogens is 1. The number of carbonyl (C=O) groups is 1. The summed E-state index contributed by atoms with van der Waals surface area (Å²) < 4.78 is 10.7. The van der Waals surface area contributed by atoms with Crippen LogP contribution in [0.4, 0.5) is 5.13 Å². The van der Waals surface area contributed by atoms with E-state index in [4.69, 9.17) is 9.47 Å². The highest BCUT2D eigenvalue weighted by atomic mass is 32.1. The number of benzene rings is 1. The minimum absolute atomic E-state index is 0.00659. The molecule has 6 heteroatoms. The quantitative estimate of drug-likeness (QED) is 0.889. The van der Waals surface area contributed by atoms with Crippen molar-refractivity contribution < 1.29 is 14.3 Å². The Morgan fingerprint density at radius 2 is 2.14 bits per heavy atom. The molecule has 1 heterocycles. The van der Waals surface area contributed by atoms with Crippen LogP contribution in [0.5, 0.6) is 5.75 Å². The van der Waals surface area contributed by atoms with Gasteiger partial charge in [-0.1, -0.05) is 23.5 Å². The van der Waals surface area contributed by atoms with Crippen LogP contribution >= 0.6 is 11.3 Å². The number of anilines is 1. The maximum absolute atomic E-state index is 12.3. The van der Waals surface area contributed by atoms with Gasteiger partial charge in [0, 0.05) is 13.3 Å². The Morgan fingerprint density at radius 1 is 1.38 bits per heavy atom. The monoisotopic (exact) mass is 306 g/mol. The lowest BCUT2D eigenvalue weighted by molar-refractivity contribution is 0.102. The van der Waals surface area contributed by atoms with E-state index < -0.39 is 0 Å². The van der Waals surface area contributed by atoms with Crippen molar-refractivity contribution in [3.63, 3.8) is 0 Å². The predicted molar refractivity (Wildman–Crippen MR) is 83.0 cm³/mol. The highest BCUT2D eigenvalue weighted by molar-refractivity contribution is 7.15. The molecule has 0 unspecified atom stereocenters. The van der Waals surface area contributed by atoms with Crippen LogP contribution in [0.25, 0.3) is 0 Å². The van der Waals surface area contributed by atoms with E-state index >= 15 is 0 Å². The van der Waals surface area contributed by atoms with Crippen LogP contribution in [-0.2, 0) is 11.3 Å². The molecule has 1 N–H and O–H groups in total. The molecule has 0 aliphatic heterocycles. The van der Waals surface area contributed by atoms with E-state index in [2.05, 4.69) is 10.3 Å². The number of hydrogen-bond acceptors (Lipinski definition) is 5. The molecular weight excluding hydrogens is 288 g/mol. The van der Waals surface area contributed by atoms with Gasteiger partial charge in [-0.3, -0.25) is 10.1 Å². The number of methoxy groups -OCH3 is 1. The third-order valence-electron chi connectivity index (χ3n) is 2.55. The highest BCUT2D eigenvalue weighted by Crippen LogP contribution is 2.23. The van der Waals surface area contributed by atoms with Crippen LogP contribution in [0.2, 0.25) is 0 Å². The Morgan fingerprint density at radius 3 is 2.86 bits per heavy atom. The number of para-hydroxylation sites is 1. The molecule has 0 atom stereocenters. The second kappa shape index (κ2) is 7.19. The van der Waals surface area contributed by atoms with Crippen molar-refractivity contribution in [3.05, 3.63) is 40.9 Å². The summed E-state index contributed by atoms with van der Waals surface area (Å²) in [5, 5.41) is 3.33. The average molecular weight is 306 g/mol. The van der Waals surface area contributed by atoms with Crippen LogP contribution < -0.4 is 10.1 Å².